The molecular weight excluding hydrogens is 364 g/mol. The van der Waals surface area contributed by atoms with Gasteiger partial charge < -0.3 is 15.2 Å². The van der Waals surface area contributed by atoms with Gasteiger partial charge in [0.25, 0.3) is 0 Å². The summed E-state index contributed by atoms with van der Waals surface area (Å²) in [5.41, 5.74) is 1.40. The molecule has 8 heteroatoms. The van der Waals surface area contributed by atoms with Gasteiger partial charge in [0, 0.05) is 6.42 Å². The number of nitrogens with zero attached hydrogens (tertiary/aromatic N) is 1. The van der Waals surface area contributed by atoms with Crippen molar-refractivity contribution < 1.29 is 19.4 Å². The Morgan fingerprint density at radius 1 is 1.44 bits per heavy atom. The molecule has 0 aliphatic carbocycles. The van der Waals surface area contributed by atoms with Crippen LogP contribution in [0.2, 0.25) is 5.02 Å². The fraction of sp³-hybridized carbons (Fsp3) is 0.353. The number of carbonyl (C=O) groups excluding carboxylic acids is 1. The molecule has 2 aromatic rings. The Morgan fingerprint density at radius 2 is 2.16 bits per heavy atom. The fourth-order valence-electron chi connectivity index (χ4n) is 2.30. The van der Waals surface area contributed by atoms with Crippen molar-refractivity contribution in [3.8, 4) is 5.75 Å². The number of aromatic carboxylic acids is 1. The maximum absolute atomic E-state index is 12.1. The first-order valence-corrected chi connectivity index (χ1v) is 8.83. The Hall–Kier alpha value is -2.12. The first-order valence-electron chi connectivity index (χ1n) is 7.64. The molecule has 1 amide bonds. The number of ether oxygens (including phenoxy) is 1. The Labute approximate surface area is 154 Å². The van der Waals surface area contributed by atoms with Gasteiger partial charge in [-0.05, 0) is 38.0 Å². The molecule has 1 aromatic carbocycles. The second-order valence-corrected chi connectivity index (χ2v) is 6.97. The molecule has 0 bridgehead atoms. The van der Waals surface area contributed by atoms with Gasteiger partial charge in [-0.1, -0.05) is 17.7 Å². The average Bonchev–Trinajstić information content (AvgIpc) is 2.95. The van der Waals surface area contributed by atoms with Crippen LogP contribution in [0.5, 0.6) is 5.75 Å². The van der Waals surface area contributed by atoms with Crippen LogP contribution in [0.3, 0.4) is 0 Å². The molecule has 25 heavy (non-hydrogen) atoms. The summed E-state index contributed by atoms with van der Waals surface area (Å²) in [6.45, 7) is 3.43. The maximum atomic E-state index is 12.1. The number of carbonyl (C=O) groups is 2. The molecule has 1 aromatic heterocycles. The van der Waals surface area contributed by atoms with E-state index in [-0.39, 0.29) is 16.8 Å². The number of aryl methyl sites for hydroxylation is 2. The molecule has 0 fully saturated rings. The van der Waals surface area contributed by atoms with Crippen LogP contribution in [-0.2, 0) is 11.2 Å². The molecule has 0 saturated carbocycles. The average molecular weight is 383 g/mol. The van der Waals surface area contributed by atoms with Gasteiger partial charge in [-0.3, -0.25) is 4.79 Å². The van der Waals surface area contributed by atoms with E-state index < -0.39 is 5.97 Å². The standard InChI is InChI=1S/C17H19ClN2O4S/c1-9-15(17(22)23)25-16(20-9)10(2)19-14(21)7-5-11-4-6-13(24-3)12(18)8-11/h4,6,8,10H,5,7H2,1-3H3,(H,19,21)(H,22,23). The van der Waals surface area contributed by atoms with Crippen molar-refractivity contribution in [1.29, 1.82) is 0 Å². The summed E-state index contributed by atoms with van der Waals surface area (Å²) in [4.78, 5) is 27.6. The highest BCUT2D eigenvalue weighted by Gasteiger charge is 2.19. The van der Waals surface area contributed by atoms with Gasteiger partial charge >= 0.3 is 5.97 Å². The molecule has 0 aliphatic rings. The minimum absolute atomic E-state index is 0.135. The van der Waals surface area contributed by atoms with Crippen LogP contribution >= 0.6 is 22.9 Å². The molecule has 1 atom stereocenters. The molecule has 0 radical (unpaired) electrons. The Morgan fingerprint density at radius 3 is 2.72 bits per heavy atom. The van der Waals surface area contributed by atoms with Gasteiger partial charge in [-0.25, -0.2) is 9.78 Å². The van der Waals surface area contributed by atoms with Crippen LogP contribution in [0.4, 0.5) is 0 Å². The van der Waals surface area contributed by atoms with Gasteiger partial charge in [0.05, 0.1) is 23.9 Å². The number of thiazole rings is 1. The normalized spacial score (nSPS) is 11.8. The number of halogens is 1. The summed E-state index contributed by atoms with van der Waals surface area (Å²) < 4.78 is 5.10. The van der Waals surface area contributed by atoms with Crippen molar-refractivity contribution in [1.82, 2.24) is 10.3 Å². The topological polar surface area (TPSA) is 88.5 Å². The lowest BCUT2D eigenvalue weighted by molar-refractivity contribution is -0.121. The minimum atomic E-state index is -1.00. The summed E-state index contributed by atoms with van der Waals surface area (Å²) >= 11 is 7.15. The van der Waals surface area contributed by atoms with Crippen molar-refractivity contribution in [2.45, 2.75) is 32.7 Å². The van der Waals surface area contributed by atoms with Crippen LogP contribution in [0.25, 0.3) is 0 Å². The second-order valence-electron chi connectivity index (χ2n) is 5.53. The van der Waals surface area contributed by atoms with Crippen molar-refractivity contribution in [3.63, 3.8) is 0 Å². The fourth-order valence-corrected chi connectivity index (χ4v) is 3.49. The molecular formula is C17H19ClN2O4S. The van der Waals surface area contributed by atoms with E-state index in [1.165, 1.54) is 0 Å². The minimum Gasteiger partial charge on any atom is -0.495 e. The number of hydrogen-bond donors (Lipinski definition) is 2. The molecule has 0 spiro atoms. The Bertz CT molecular complexity index is 791. The monoisotopic (exact) mass is 382 g/mol. The van der Waals surface area contributed by atoms with E-state index in [4.69, 9.17) is 21.4 Å². The zero-order valence-electron chi connectivity index (χ0n) is 14.1. The highest BCUT2D eigenvalue weighted by Crippen LogP contribution is 2.26. The van der Waals surface area contributed by atoms with E-state index in [0.717, 1.165) is 16.9 Å². The molecule has 134 valence electrons. The van der Waals surface area contributed by atoms with Crippen LogP contribution in [0.1, 0.15) is 45.3 Å². The zero-order chi connectivity index (χ0) is 18.6. The van der Waals surface area contributed by atoms with Crippen molar-refractivity contribution in [3.05, 3.63) is 44.4 Å². The lowest BCUT2D eigenvalue weighted by Gasteiger charge is -2.11. The molecule has 2 rings (SSSR count). The number of carboxylic acids is 1. The molecule has 0 aliphatic heterocycles. The van der Waals surface area contributed by atoms with E-state index >= 15 is 0 Å². The van der Waals surface area contributed by atoms with Gasteiger partial charge in [0.15, 0.2) is 0 Å². The van der Waals surface area contributed by atoms with Crippen LogP contribution in [0, 0.1) is 6.92 Å². The van der Waals surface area contributed by atoms with E-state index in [1.807, 2.05) is 6.07 Å². The number of benzene rings is 1. The molecule has 0 saturated heterocycles. The van der Waals surface area contributed by atoms with Gasteiger partial charge in [-0.15, -0.1) is 11.3 Å². The lowest BCUT2D eigenvalue weighted by atomic mass is 10.1. The number of hydrogen-bond acceptors (Lipinski definition) is 5. The summed E-state index contributed by atoms with van der Waals surface area (Å²) in [7, 11) is 1.55. The van der Waals surface area contributed by atoms with Crippen LogP contribution in [0.15, 0.2) is 18.2 Å². The third kappa shape index (κ3) is 4.93. The Balaban J connectivity index is 1.92. The quantitative estimate of drug-likeness (QED) is 0.763. The molecule has 1 unspecified atom stereocenters. The molecule has 6 nitrogen and oxygen atoms in total. The smallest absolute Gasteiger partial charge is 0.347 e. The first-order chi connectivity index (χ1) is 11.8. The number of amides is 1. The lowest BCUT2D eigenvalue weighted by Crippen LogP contribution is -2.26. The number of methoxy groups -OCH3 is 1. The summed E-state index contributed by atoms with van der Waals surface area (Å²) in [6, 6.07) is 5.07. The first kappa shape index (κ1) is 19.2. The summed E-state index contributed by atoms with van der Waals surface area (Å²) in [5, 5.41) is 13.0. The van der Waals surface area contributed by atoms with E-state index in [9.17, 15) is 9.59 Å². The summed E-state index contributed by atoms with van der Waals surface area (Å²) in [5.74, 6) is -0.544. The highest BCUT2D eigenvalue weighted by molar-refractivity contribution is 7.13. The van der Waals surface area contributed by atoms with Crippen LogP contribution in [-0.4, -0.2) is 29.1 Å². The number of nitrogens with one attached hydrogen (secondary N) is 1. The SMILES string of the molecule is COc1ccc(CCC(=O)NC(C)c2nc(C)c(C(=O)O)s2)cc1Cl. The van der Waals surface area contributed by atoms with Gasteiger partial charge in [-0.2, -0.15) is 0 Å². The van der Waals surface area contributed by atoms with Crippen molar-refractivity contribution in [2.75, 3.05) is 7.11 Å². The third-order valence-electron chi connectivity index (χ3n) is 3.61. The predicted molar refractivity (Wildman–Crippen MR) is 96.7 cm³/mol. The number of rotatable bonds is 7. The predicted octanol–water partition coefficient (Wildman–Crippen LogP) is 3.62. The van der Waals surface area contributed by atoms with Crippen LogP contribution < -0.4 is 10.1 Å². The maximum Gasteiger partial charge on any atom is 0.347 e. The summed E-state index contributed by atoms with van der Waals surface area (Å²) in [6.07, 6.45) is 0.836. The van der Waals surface area contributed by atoms with E-state index in [1.54, 1.807) is 33.1 Å². The van der Waals surface area contributed by atoms with Crippen molar-refractivity contribution in [2.24, 2.45) is 0 Å². The zero-order valence-corrected chi connectivity index (χ0v) is 15.7. The van der Waals surface area contributed by atoms with Gasteiger partial charge in [0.1, 0.15) is 15.6 Å². The van der Waals surface area contributed by atoms with Gasteiger partial charge in [0.2, 0.25) is 5.91 Å². The Kier molecular flexibility index (Phi) is 6.39. The third-order valence-corrected chi connectivity index (χ3v) is 5.24. The van der Waals surface area contributed by atoms with E-state index in [0.29, 0.717) is 34.3 Å². The largest absolute Gasteiger partial charge is 0.495 e. The highest BCUT2D eigenvalue weighted by atomic mass is 35.5. The second kappa shape index (κ2) is 8.31. The van der Waals surface area contributed by atoms with Crippen molar-refractivity contribution >= 4 is 34.8 Å². The number of aromatic nitrogens is 1. The molecule has 2 N–H and O–H groups in total. The molecule has 1 heterocycles. The number of carboxylic acid groups (broad SMARTS) is 1. The van der Waals surface area contributed by atoms with E-state index in [2.05, 4.69) is 10.3 Å².